The lowest BCUT2D eigenvalue weighted by Gasteiger charge is -2.21. The van der Waals surface area contributed by atoms with Gasteiger partial charge in [0, 0.05) is 13.2 Å². The van der Waals surface area contributed by atoms with Crippen LogP contribution < -0.4 is 0 Å². The summed E-state index contributed by atoms with van der Waals surface area (Å²) in [6.07, 6.45) is 5.50. The number of rotatable bonds is 7. The molecule has 1 saturated heterocycles. The van der Waals surface area contributed by atoms with E-state index in [9.17, 15) is 0 Å². The highest BCUT2D eigenvalue weighted by Crippen LogP contribution is 2.14. The number of likely N-dealkylation sites (N-methyl/N-ethyl adjacent to an activating group) is 1. The van der Waals surface area contributed by atoms with Crippen LogP contribution in [0.3, 0.4) is 0 Å². The van der Waals surface area contributed by atoms with E-state index in [1.165, 1.54) is 32.2 Å². The Labute approximate surface area is 99.8 Å². The fourth-order valence-corrected chi connectivity index (χ4v) is 2.47. The number of hydrogen-bond donors (Lipinski definition) is 1. The molecular formula is C12H25NOS. The van der Waals surface area contributed by atoms with Crippen LogP contribution in [0.2, 0.25) is 0 Å². The first-order valence-corrected chi connectivity index (χ1v) is 6.76. The molecule has 0 amide bonds. The summed E-state index contributed by atoms with van der Waals surface area (Å²) in [6.45, 7) is 5.58. The minimum atomic E-state index is 0.496. The van der Waals surface area contributed by atoms with E-state index in [4.69, 9.17) is 4.74 Å². The summed E-state index contributed by atoms with van der Waals surface area (Å²) in [4.78, 5) is 2.41. The summed E-state index contributed by atoms with van der Waals surface area (Å²) in [7, 11) is 2.20. The highest BCUT2D eigenvalue weighted by molar-refractivity contribution is 7.80. The van der Waals surface area contributed by atoms with Crippen molar-refractivity contribution >= 4 is 12.6 Å². The molecule has 0 radical (unpaired) electrons. The normalized spacial score (nSPS) is 23.6. The van der Waals surface area contributed by atoms with Gasteiger partial charge in [-0.05, 0) is 50.9 Å². The average molecular weight is 231 g/mol. The lowest BCUT2D eigenvalue weighted by molar-refractivity contribution is 0.0797. The molecule has 0 saturated carbocycles. The zero-order valence-corrected chi connectivity index (χ0v) is 11.0. The molecule has 1 heterocycles. The zero-order valence-electron chi connectivity index (χ0n) is 10.1. The van der Waals surface area contributed by atoms with Gasteiger partial charge in [-0.15, -0.1) is 0 Å². The third-order valence-corrected chi connectivity index (χ3v) is 3.42. The Kier molecular flexibility index (Phi) is 6.69. The molecule has 0 aromatic rings. The SMILES string of the molecule is CC(CCS)CCN(C)CC1CCCO1. The van der Waals surface area contributed by atoms with E-state index in [-0.39, 0.29) is 0 Å². The molecule has 1 fully saturated rings. The van der Waals surface area contributed by atoms with E-state index in [0.717, 1.165) is 24.8 Å². The molecule has 0 aromatic carbocycles. The van der Waals surface area contributed by atoms with Crippen molar-refractivity contribution in [1.82, 2.24) is 4.90 Å². The molecule has 2 atom stereocenters. The molecule has 2 unspecified atom stereocenters. The van der Waals surface area contributed by atoms with Gasteiger partial charge < -0.3 is 9.64 Å². The maximum Gasteiger partial charge on any atom is 0.0702 e. The average Bonchev–Trinajstić information content (AvgIpc) is 2.68. The minimum absolute atomic E-state index is 0.496. The lowest BCUT2D eigenvalue weighted by Crippen LogP contribution is -2.30. The van der Waals surface area contributed by atoms with E-state index in [1.54, 1.807) is 0 Å². The molecule has 0 N–H and O–H groups in total. The smallest absolute Gasteiger partial charge is 0.0702 e. The summed E-state index contributed by atoms with van der Waals surface area (Å²) in [5.41, 5.74) is 0. The molecule has 0 bridgehead atoms. The molecular weight excluding hydrogens is 206 g/mol. The molecule has 0 aliphatic carbocycles. The summed E-state index contributed by atoms with van der Waals surface area (Å²) in [6, 6.07) is 0. The van der Waals surface area contributed by atoms with Gasteiger partial charge in [0.05, 0.1) is 6.10 Å². The van der Waals surface area contributed by atoms with Crippen molar-refractivity contribution in [3.05, 3.63) is 0 Å². The van der Waals surface area contributed by atoms with Crippen LogP contribution in [0.5, 0.6) is 0 Å². The Balaban J connectivity index is 2.04. The summed E-state index contributed by atoms with van der Waals surface area (Å²) in [5, 5.41) is 0. The first-order valence-electron chi connectivity index (χ1n) is 6.13. The fourth-order valence-electron chi connectivity index (χ4n) is 2.03. The van der Waals surface area contributed by atoms with Crippen molar-refractivity contribution in [2.75, 3.05) is 32.5 Å². The van der Waals surface area contributed by atoms with Crippen LogP contribution in [0.25, 0.3) is 0 Å². The van der Waals surface area contributed by atoms with Gasteiger partial charge in [-0.2, -0.15) is 12.6 Å². The van der Waals surface area contributed by atoms with Gasteiger partial charge in [-0.3, -0.25) is 0 Å². The monoisotopic (exact) mass is 231 g/mol. The van der Waals surface area contributed by atoms with E-state index in [0.29, 0.717) is 6.10 Å². The van der Waals surface area contributed by atoms with Crippen LogP contribution in [-0.2, 0) is 4.74 Å². The molecule has 0 spiro atoms. The van der Waals surface area contributed by atoms with Crippen LogP contribution >= 0.6 is 12.6 Å². The Hall–Kier alpha value is 0.270. The third kappa shape index (κ3) is 5.79. The minimum Gasteiger partial charge on any atom is -0.377 e. The van der Waals surface area contributed by atoms with Crippen molar-refractivity contribution in [3.63, 3.8) is 0 Å². The summed E-state index contributed by atoms with van der Waals surface area (Å²) >= 11 is 4.26. The predicted molar refractivity (Wildman–Crippen MR) is 68.7 cm³/mol. The van der Waals surface area contributed by atoms with E-state index in [2.05, 4.69) is 31.5 Å². The van der Waals surface area contributed by atoms with Crippen LogP contribution in [-0.4, -0.2) is 43.5 Å². The van der Waals surface area contributed by atoms with Crippen molar-refractivity contribution in [1.29, 1.82) is 0 Å². The highest BCUT2D eigenvalue weighted by Gasteiger charge is 2.17. The Morgan fingerprint density at radius 1 is 1.47 bits per heavy atom. The summed E-state index contributed by atoms with van der Waals surface area (Å²) in [5.74, 6) is 1.81. The molecule has 0 aromatic heterocycles. The Morgan fingerprint density at radius 2 is 2.27 bits per heavy atom. The van der Waals surface area contributed by atoms with E-state index in [1.807, 2.05) is 0 Å². The van der Waals surface area contributed by atoms with Gasteiger partial charge >= 0.3 is 0 Å². The largest absolute Gasteiger partial charge is 0.377 e. The van der Waals surface area contributed by atoms with Gasteiger partial charge in [0.25, 0.3) is 0 Å². The van der Waals surface area contributed by atoms with Crippen LogP contribution in [0.4, 0.5) is 0 Å². The van der Waals surface area contributed by atoms with Crippen LogP contribution in [0.1, 0.15) is 32.6 Å². The first kappa shape index (κ1) is 13.3. The van der Waals surface area contributed by atoms with Crippen molar-refractivity contribution in [2.45, 2.75) is 38.7 Å². The molecule has 1 aliphatic rings. The molecule has 1 rings (SSSR count). The number of thiol groups is 1. The first-order chi connectivity index (χ1) is 7.22. The van der Waals surface area contributed by atoms with Crippen LogP contribution in [0, 0.1) is 5.92 Å². The number of nitrogens with zero attached hydrogens (tertiary/aromatic N) is 1. The lowest BCUT2D eigenvalue weighted by atomic mass is 10.1. The van der Waals surface area contributed by atoms with Crippen molar-refractivity contribution < 1.29 is 4.74 Å². The quantitative estimate of drug-likeness (QED) is 0.676. The van der Waals surface area contributed by atoms with Gasteiger partial charge in [0.1, 0.15) is 0 Å². The maximum atomic E-state index is 5.62. The van der Waals surface area contributed by atoms with Crippen molar-refractivity contribution in [2.24, 2.45) is 5.92 Å². The zero-order chi connectivity index (χ0) is 11.1. The molecule has 15 heavy (non-hydrogen) atoms. The predicted octanol–water partition coefficient (Wildman–Crippen LogP) is 2.44. The second kappa shape index (κ2) is 7.53. The molecule has 2 nitrogen and oxygen atoms in total. The van der Waals surface area contributed by atoms with Crippen molar-refractivity contribution in [3.8, 4) is 0 Å². The standard InChI is InChI=1S/C12H25NOS/c1-11(6-9-15)5-7-13(2)10-12-4-3-8-14-12/h11-12,15H,3-10H2,1-2H3. The van der Waals surface area contributed by atoms with E-state index < -0.39 is 0 Å². The summed E-state index contributed by atoms with van der Waals surface area (Å²) < 4.78 is 5.62. The number of hydrogen-bond acceptors (Lipinski definition) is 3. The Bertz CT molecular complexity index is 160. The Morgan fingerprint density at radius 3 is 2.87 bits per heavy atom. The van der Waals surface area contributed by atoms with Gasteiger partial charge in [-0.1, -0.05) is 6.92 Å². The number of ether oxygens (including phenoxy) is 1. The fraction of sp³-hybridized carbons (Fsp3) is 1.00. The maximum absolute atomic E-state index is 5.62. The topological polar surface area (TPSA) is 12.5 Å². The van der Waals surface area contributed by atoms with E-state index >= 15 is 0 Å². The second-order valence-electron chi connectivity index (χ2n) is 4.80. The van der Waals surface area contributed by atoms with Crippen LogP contribution in [0.15, 0.2) is 0 Å². The molecule has 1 aliphatic heterocycles. The second-order valence-corrected chi connectivity index (χ2v) is 5.25. The molecule has 3 heteroatoms. The molecule has 90 valence electrons. The van der Waals surface area contributed by atoms with Gasteiger partial charge in [-0.25, -0.2) is 0 Å². The highest BCUT2D eigenvalue weighted by atomic mass is 32.1. The van der Waals surface area contributed by atoms with Gasteiger partial charge in [0.2, 0.25) is 0 Å². The van der Waals surface area contributed by atoms with Gasteiger partial charge in [0.15, 0.2) is 0 Å². The third-order valence-electron chi connectivity index (χ3n) is 3.16.